The molecule has 1 aliphatic rings. The van der Waals surface area contributed by atoms with Crippen molar-refractivity contribution in [3.8, 4) is 0 Å². The van der Waals surface area contributed by atoms with Crippen molar-refractivity contribution < 1.29 is 4.79 Å². The molecule has 0 aromatic carbocycles. The first-order valence-corrected chi connectivity index (χ1v) is 5.74. The summed E-state index contributed by atoms with van der Waals surface area (Å²) in [5.41, 5.74) is -0.260. The number of amides is 1. The maximum atomic E-state index is 12.2. The van der Waals surface area contributed by atoms with E-state index in [1.54, 1.807) is 0 Å². The molecule has 2 atom stereocenters. The summed E-state index contributed by atoms with van der Waals surface area (Å²) in [7, 11) is 2.13. The van der Waals surface area contributed by atoms with Gasteiger partial charge in [-0.1, -0.05) is 20.8 Å². The molecule has 1 rings (SSSR count). The average Bonchev–Trinajstić information content (AvgIpc) is 2.08. The quantitative estimate of drug-likeness (QED) is 0.609. The van der Waals surface area contributed by atoms with E-state index in [2.05, 4.69) is 25.8 Å². The van der Waals surface area contributed by atoms with Crippen LogP contribution in [0.25, 0.3) is 0 Å². The van der Waals surface area contributed by atoms with E-state index in [1.165, 1.54) is 0 Å². The minimum Gasteiger partial charge on any atom is -0.337 e. The molecular weight excluding hydrogens is 188 g/mol. The van der Waals surface area contributed by atoms with Crippen molar-refractivity contribution in [3.05, 3.63) is 0 Å². The van der Waals surface area contributed by atoms with Crippen molar-refractivity contribution >= 4 is 5.91 Å². The molecule has 0 saturated carbocycles. The number of piperazine rings is 1. The highest BCUT2D eigenvalue weighted by atomic mass is 16.2. The number of hydrogen-bond acceptors (Lipinski definition) is 2. The second-order valence-corrected chi connectivity index (χ2v) is 5.85. The Morgan fingerprint density at radius 2 is 1.67 bits per heavy atom. The standard InChI is InChI=1S/C12H24N2O/c1-9-8-14(10(2)7-13(9)6)11(15)12(3,4)5/h9-10H,7-8H2,1-6H3/t9-,10+/m1/s1. The van der Waals surface area contributed by atoms with Gasteiger partial charge in [0.05, 0.1) is 0 Å². The molecule has 0 aliphatic carbocycles. The Bertz CT molecular complexity index is 244. The van der Waals surface area contributed by atoms with E-state index in [1.807, 2.05) is 25.7 Å². The molecule has 0 spiro atoms. The first-order chi connectivity index (χ1) is 6.73. The fraction of sp³-hybridized carbons (Fsp3) is 0.917. The Balaban J connectivity index is 2.74. The van der Waals surface area contributed by atoms with E-state index in [-0.39, 0.29) is 11.3 Å². The lowest BCUT2D eigenvalue weighted by molar-refractivity contribution is -0.145. The fourth-order valence-corrected chi connectivity index (χ4v) is 2.01. The van der Waals surface area contributed by atoms with Gasteiger partial charge in [0, 0.05) is 30.6 Å². The topological polar surface area (TPSA) is 23.6 Å². The molecule has 0 aromatic heterocycles. The van der Waals surface area contributed by atoms with Crippen molar-refractivity contribution in [3.63, 3.8) is 0 Å². The highest BCUT2D eigenvalue weighted by Gasteiger charge is 2.35. The van der Waals surface area contributed by atoms with E-state index in [0.29, 0.717) is 12.1 Å². The molecule has 88 valence electrons. The SMILES string of the molecule is C[C@@H]1CN(C(=O)C(C)(C)C)[C@@H](C)CN1C. The van der Waals surface area contributed by atoms with Gasteiger partial charge >= 0.3 is 0 Å². The van der Waals surface area contributed by atoms with Gasteiger partial charge in [-0.05, 0) is 20.9 Å². The zero-order valence-corrected chi connectivity index (χ0v) is 10.9. The third-order valence-electron chi connectivity index (χ3n) is 3.20. The Kier molecular flexibility index (Phi) is 3.44. The predicted molar refractivity (Wildman–Crippen MR) is 62.7 cm³/mol. The first-order valence-electron chi connectivity index (χ1n) is 5.74. The number of nitrogens with zero attached hydrogens (tertiary/aromatic N) is 2. The van der Waals surface area contributed by atoms with Gasteiger partial charge in [-0.15, -0.1) is 0 Å². The third kappa shape index (κ3) is 2.71. The number of carbonyl (C=O) groups excluding carboxylic acids is 1. The summed E-state index contributed by atoms with van der Waals surface area (Å²) in [6.07, 6.45) is 0. The summed E-state index contributed by atoms with van der Waals surface area (Å²) in [4.78, 5) is 16.5. The summed E-state index contributed by atoms with van der Waals surface area (Å²) in [6, 6.07) is 0.797. The molecule has 1 amide bonds. The van der Waals surface area contributed by atoms with Gasteiger partial charge in [0.15, 0.2) is 0 Å². The van der Waals surface area contributed by atoms with Crippen LogP contribution in [0.4, 0.5) is 0 Å². The van der Waals surface area contributed by atoms with Crippen LogP contribution in [-0.2, 0) is 4.79 Å². The Hall–Kier alpha value is -0.570. The molecule has 0 N–H and O–H groups in total. The molecule has 3 nitrogen and oxygen atoms in total. The summed E-state index contributed by atoms with van der Waals surface area (Å²) >= 11 is 0. The molecule has 1 saturated heterocycles. The normalized spacial score (nSPS) is 29.3. The van der Waals surface area contributed by atoms with Gasteiger partial charge in [0.25, 0.3) is 0 Å². The largest absolute Gasteiger partial charge is 0.337 e. The van der Waals surface area contributed by atoms with E-state index >= 15 is 0 Å². The second-order valence-electron chi connectivity index (χ2n) is 5.85. The van der Waals surface area contributed by atoms with Crippen molar-refractivity contribution in [2.24, 2.45) is 5.41 Å². The van der Waals surface area contributed by atoms with Gasteiger partial charge in [0.2, 0.25) is 5.91 Å². The van der Waals surface area contributed by atoms with Gasteiger partial charge in [-0.3, -0.25) is 9.69 Å². The van der Waals surface area contributed by atoms with Gasteiger partial charge < -0.3 is 4.90 Å². The fourth-order valence-electron chi connectivity index (χ4n) is 2.01. The van der Waals surface area contributed by atoms with Crippen LogP contribution in [-0.4, -0.2) is 47.9 Å². The zero-order chi connectivity index (χ0) is 11.8. The minimum atomic E-state index is -0.260. The van der Waals surface area contributed by atoms with Crippen molar-refractivity contribution in [1.29, 1.82) is 0 Å². The number of carbonyl (C=O) groups is 1. The summed E-state index contributed by atoms with van der Waals surface area (Å²) in [5.74, 6) is 0.273. The Labute approximate surface area is 93.4 Å². The molecule has 0 unspecified atom stereocenters. The minimum absolute atomic E-state index is 0.260. The van der Waals surface area contributed by atoms with Crippen LogP contribution in [0.15, 0.2) is 0 Å². The number of hydrogen-bond donors (Lipinski definition) is 0. The van der Waals surface area contributed by atoms with Gasteiger partial charge in [-0.25, -0.2) is 0 Å². The zero-order valence-electron chi connectivity index (χ0n) is 10.9. The smallest absolute Gasteiger partial charge is 0.228 e. The average molecular weight is 212 g/mol. The van der Waals surface area contributed by atoms with Crippen LogP contribution in [0.1, 0.15) is 34.6 Å². The Morgan fingerprint density at radius 1 is 1.13 bits per heavy atom. The van der Waals surface area contributed by atoms with Crippen molar-refractivity contribution in [1.82, 2.24) is 9.80 Å². The van der Waals surface area contributed by atoms with E-state index in [4.69, 9.17) is 0 Å². The lowest BCUT2D eigenvalue weighted by atomic mass is 9.93. The molecule has 1 heterocycles. The third-order valence-corrected chi connectivity index (χ3v) is 3.20. The van der Waals surface area contributed by atoms with Crippen molar-refractivity contribution in [2.45, 2.75) is 46.7 Å². The number of rotatable bonds is 0. The van der Waals surface area contributed by atoms with Gasteiger partial charge in [0.1, 0.15) is 0 Å². The maximum absolute atomic E-state index is 12.2. The number of likely N-dealkylation sites (N-methyl/N-ethyl adjacent to an activating group) is 1. The van der Waals surface area contributed by atoms with Crippen LogP contribution < -0.4 is 0 Å². The lowest BCUT2D eigenvalue weighted by Gasteiger charge is -2.44. The van der Waals surface area contributed by atoms with E-state index < -0.39 is 0 Å². The molecule has 0 bridgehead atoms. The molecule has 3 heteroatoms. The van der Waals surface area contributed by atoms with Crippen LogP contribution in [0.3, 0.4) is 0 Å². The molecule has 0 aromatic rings. The van der Waals surface area contributed by atoms with E-state index in [0.717, 1.165) is 13.1 Å². The highest BCUT2D eigenvalue weighted by molar-refractivity contribution is 5.82. The van der Waals surface area contributed by atoms with Gasteiger partial charge in [-0.2, -0.15) is 0 Å². The van der Waals surface area contributed by atoms with Crippen LogP contribution in [0.2, 0.25) is 0 Å². The predicted octanol–water partition coefficient (Wildman–Crippen LogP) is 1.58. The maximum Gasteiger partial charge on any atom is 0.228 e. The molecule has 1 fully saturated rings. The second kappa shape index (κ2) is 4.12. The van der Waals surface area contributed by atoms with E-state index in [9.17, 15) is 4.79 Å². The molecular formula is C12H24N2O. The lowest BCUT2D eigenvalue weighted by Crippen LogP contribution is -2.58. The molecule has 0 radical (unpaired) electrons. The molecule has 15 heavy (non-hydrogen) atoms. The molecule has 1 aliphatic heterocycles. The summed E-state index contributed by atoms with van der Waals surface area (Å²) in [6.45, 7) is 12.1. The van der Waals surface area contributed by atoms with Crippen molar-refractivity contribution in [2.75, 3.05) is 20.1 Å². The van der Waals surface area contributed by atoms with Crippen LogP contribution in [0.5, 0.6) is 0 Å². The van der Waals surface area contributed by atoms with Crippen LogP contribution in [0, 0.1) is 5.41 Å². The van der Waals surface area contributed by atoms with Crippen LogP contribution >= 0.6 is 0 Å². The Morgan fingerprint density at radius 3 is 2.13 bits per heavy atom. The first kappa shape index (κ1) is 12.5. The summed E-state index contributed by atoms with van der Waals surface area (Å²) < 4.78 is 0. The summed E-state index contributed by atoms with van der Waals surface area (Å²) in [5, 5.41) is 0. The monoisotopic (exact) mass is 212 g/mol. The highest BCUT2D eigenvalue weighted by Crippen LogP contribution is 2.22.